The number of benzene rings is 3. The molecule has 0 spiro atoms. The van der Waals surface area contributed by atoms with Crippen LogP contribution in [-0.4, -0.2) is 43.1 Å². The second-order valence-electron chi connectivity index (χ2n) is 8.25. The fraction of sp³-hybridized carbons (Fsp3) is 0.111. The van der Waals surface area contributed by atoms with E-state index in [0.717, 1.165) is 11.1 Å². The minimum Gasteiger partial charge on any atom is -0.495 e. The lowest BCUT2D eigenvalue weighted by molar-refractivity contribution is 0.173. The smallest absolute Gasteiger partial charge is 0.231 e. The van der Waals surface area contributed by atoms with Crippen molar-refractivity contribution in [1.29, 1.82) is 0 Å². The Morgan fingerprint density at radius 3 is 1.87 bits per heavy atom. The van der Waals surface area contributed by atoms with Crippen LogP contribution in [-0.2, 0) is 0 Å². The molecule has 3 heterocycles. The van der Waals surface area contributed by atoms with E-state index >= 15 is 0 Å². The normalized spacial score (nSPS) is 13.2. The van der Waals surface area contributed by atoms with Crippen molar-refractivity contribution in [2.45, 2.75) is 0 Å². The topological polar surface area (TPSA) is 133 Å². The van der Waals surface area contributed by atoms with Gasteiger partial charge >= 0.3 is 0 Å². The molecule has 12 heteroatoms. The molecule has 0 saturated carbocycles. The van der Waals surface area contributed by atoms with Crippen LogP contribution in [0.2, 0.25) is 0 Å². The third-order valence-electron chi connectivity index (χ3n) is 5.66. The molecule has 0 atom stereocenters. The molecular formula is C27H23N7O5. The van der Waals surface area contributed by atoms with Crippen LogP contribution in [0.1, 0.15) is 11.1 Å². The Kier molecular flexibility index (Phi) is 6.63. The summed E-state index contributed by atoms with van der Waals surface area (Å²) in [5.41, 5.74) is 8.26. The number of fused-ring (bicyclic) bond motifs is 2. The average molecular weight is 526 g/mol. The summed E-state index contributed by atoms with van der Waals surface area (Å²) < 4.78 is 27.0. The minimum atomic E-state index is 0.212. The maximum atomic E-state index is 5.43. The van der Waals surface area contributed by atoms with Gasteiger partial charge < -0.3 is 29.0 Å². The third-order valence-corrected chi connectivity index (χ3v) is 5.66. The summed E-state index contributed by atoms with van der Waals surface area (Å²) in [5, 5.41) is 11.8. The zero-order chi connectivity index (χ0) is 26.4. The highest BCUT2D eigenvalue weighted by atomic mass is 16.7. The fourth-order valence-electron chi connectivity index (χ4n) is 3.82. The van der Waals surface area contributed by atoms with Crippen LogP contribution in [0.3, 0.4) is 0 Å². The molecule has 0 aliphatic carbocycles. The van der Waals surface area contributed by atoms with Crippen molar-refractivity contribution in [3.8, 4) is 28.7 Å². The molecule has 2 aliphatic heterocycles. The molecule has 0 unspecified atom stereocenters. The van der Waals surface area contributed by atoms with Crippen molar-refractivity contribution < 1.29 is 23.7 Å². The molecule has 2 aliphatic rings. The zero-order valence-electron chi connectivity index (χ0n) is 20.7. The maximum Gasteiger partial charge on any atom is 0.231 e. The predicted molar refractivity (Wildman–Crippen MR) is 146 cm³/mol. The van der Waals surface area contributed by atoms with Gasteiger partial charge in [0, 0.05) is 6.07 Å². The molecular weight excluding hydrogens is 502 g/mol. The molecule has 6 rings (SSSR count). The van der Waals surface area contributed by atoms with Crippen LogP contribution in [0.15, 0.2) is 76.9 Å². The molecule has 0 saturated heterocycles. The Balaban J connectivity index is 1.21. The second-order valence-corrected chi connectivity index (χ2v) is 8.25. The first-order valence-electron chi connectivity index (χ1n) is 11.9. The number of ether oxygens (including phenoxy) is 5. The van der Waals surface area contributed by atoms with Gasteiger partial charge in [-0.2, -0.15) is 20.2 Å². The molecule has 0 amide bonds. The number of hydrogen-bond donors (Lipinski definition) is 3. The Morgan fingerprint density at radius 1 is 0.718 bits per heavy atom. The summed E-state index contributed by atoms with van der Waals surface area (Å²) in [4.78, 5) is 9.06. The first-order valence-corrected chi connectivity index (χ1v) is 11.9. The van der Waals surface area contributed by atoms with Crippen LogP contribution >= 0.6 is 0 Å². The summed E-state index contributed by atoms with van der Waals surface area (Å²) >= 11 is 0. The van der Waals surface area contributed by atoms with Crippen molar-refractivity contribution in [3.63, 3.8) is 0 Å². The lowest BCUT2D eigenvalue weighted by atomic mass is 10.2. The molecule has 0 radical (unpaired) electrons. The van der Waals surface area contributed by atoms with Gasteiger partial charge in [0.1, 0.15) is 5.75 Å². The van der Waals surface area contributed by atoms with Crippen LogP contribution in [0.25, 0.3) is 0 Å². The molecule has 3 aromatic carbocycles. The number of hydrazone groups is 2. The van der Waals surface area contributed by atoms with Gasteiger partial charge in [-0.25, -0.2) is 0 Å². The van der Waals surface area contributed by atoms with E-state index in [1.54, 1.807) is 25.6 Å². The lowest BCUT2D eigenvalue weighted by Crippen LogP contribution is -2.05. The average Bonchev–Trinajstić information content (AvgIpc) is 3.62. The van der Waals surface area contributed by atoms with Gasteiger partial charge in [0.05, 0.1) is 25.2 Å². The van der Waals surface area contributed by atoms with Crippen LogP contribution in [0.5, 0.6) is 28.7 Å². The standard InChI is InChI=1S/C27H23N7O5/c1-35-20-5-3-2-4-19(20)30-27-31-25(33-28-13-17-6-8-21-23(10-17)38-15-36-21)12-26(32-27)34-29-14-18-7-9-22-24(11-18)39-16-37-22/h2-14H,15-16H2,1H3,(H3,30,31,32,33,34). The third kappa shape index (κ3) is 5.59. The van der Waals surface area contributed by atoms with E-state index < -0.39 is 0 Å². The molecule has 39 heavy (non-hydrogen) atoms. The van der Waals surface area contributed by atoms with E-state index in [1.165, 1.54) is 0 Å². The lowest BCUT2D eigenvalue weighted by Gasteiger charge is -2.11. The highest BCUT2D eigenvalue weighted by molar-refractivity contribution is 5.82. The van der Waals surface area contributed by atoms with Crippen LogP contribution in [0, 0.1) is 0 Å². The second kappa shape index (κ2) is 10.8. The molecule has 4 aromatic rings. The first-order chi connectivity index (χ1) is 19.2. The summed E-state index contributed by atoms with van der Waals surface area (Å²) in [6.07, 6.45) is 3.31. The molecule has 0 bridgehead atoms. The summed E-state index contributed by atoms with van der Waals surface area (Å²) in [6.45, 7) is 0.425. The predicted octanol–water partition coefficient (Wildman–Crippen LogP) is 4.58. The monoisotopic (exact) mass is 525 g/mol. The number of aromatic nitrogens is 2. The van der Waals surface area contributed by atoms with Gasteiger partial charge in [-0.15, -0.1) is 0 Å². The van der Waals surface area contributed by atoms with Crippen molar-refractivity contribution in [1.82, 2.24) is 9.97 Å². The SMILES string of the molecule is COc1ccccc1Nc1nc(NN=Cc2ccc3c(c2)OCO3)cc(NN=Cc2ccc3c(c2)OCO3)n1. The van der Waals surface area contributed by atoms with Gasteiger partial charge in [-0.1, -0.05) is 12.1 Å². The number of methoxy groups -OCH3 is 1. The van der Waals surface area contributed by atoms with E-state index in [4.69, 9.17) is 23.7 Å². The van der Waals surface area contributed by atoms with Crippen molar-refractivity contribution in [2.75, 3.05) is 36.9 Å². The quantitative estimate of drug-likeness (QED) is 0.211. The van der Waals surface area contributed by atoms with Crippen molar-refractivity contribution >= 4 is 35.7 Å². The van der Waals surface area contributed by atoms with Crippen LogP contribution in [0.4, 0.5) is 23.3 Å². The molecule has 1 aromatic heterocycles. The summed E-state index contributed by atoms with van der Waals surface area (Å²) in [7, 11) is 1.60. The summed E-state index contributed by atoms with van der Waals surface area (Å²) in [5.74, 6) is 4.59. The Hall–Kier alpha value is -5.52. The maximum absolute atomic E-state index is 5.43. The van der Waals surface area contributed by atoms with E-state index in [2.05, 4.69) is 36.3 Å². The van der Waals surface area contributed by atoms with E-state index in [0.29, 0.717) is 52.0 Å². The van der Waals surface area contributed by atoms with Gasteiger partial charge in [0.2, 0.25) is 19.5 Å². The Bertz CT molecular complexity index is 1470. The Morgan fingerprint density at radius 2 is 1.28 bits per heavy atom. The molecule has 0 fully saturated rings. The number of anilines is 4. The van der Waals surface area contributed by atoms with E-state index in [1.807, 2.05) is 60.7 Å². The number of nitrogens with one attached hydrogen (secondary N) is 3. The largest absolute Gasteiger partial charge is 0.495 e. The van der Waals surface area contributed by atoms with Gasteiger partial charge in [-0.3, -0.25) is 10.9 Å². The number of rotatable bonds is 9. The zero-order valence-corrected chi connectivity index (χ0v) is 20.7. The fourth-order valence-corrected chi connectivity index (χ4v) is 3.82. The van der Waals surface area contributed by atoms with E-state index in [9.17, 15) is 0 Å². The van der Waals surface area contributed by atoms with Gasteiger partial charge in [-0.05, 0) is 59.7 Å². The molecule has 196 valence electrons. The first kappa shape index (κ1) is 23.9. The minimum absolute atomic E-state index is 0.212. The van der Waals surface area contributed by atoms with Crippen molar-refractivity contribution in [2.24, 2.45) is 10.2 Å². The van der Waals surface area contributed by atoms with Gasteiger partial charge in [0.15, 0.2) is 34.6 Å². The van der Waals surface area contributed by atoms with Crippen molar-refractivity contribution in [3.05, 3.63) is 77.9 Å². The highest BCUT2D eigenvalue weighted by Gasteiger charge is 2.14. The number of hydrogen-bond acceptors (Lipinski definition) is 12. The summed E-state index contributed by atoms with van der Waals surface area (Å²) in [6, 6.07) is 20.3. The van der Waals surface area contributed by atoms with E-state index in [-0.39, 0.29) is 13.6 Å². The molecule has 3 N–H and O–H groups in total. The number of nitrogens with zero attached hydrogens (tertiary/aromatic N) is 4. The Labute approximate surface area is 223 Å². The van der Waals surface area contributed by atoms with Crippen LogP contribution < -0.4 is 39.9 Å². The molecule has 12 nitrogen and oxygen atoms in total. The highest BCUT2D eigenvalue weighted by Crippen LogP contribution is 2.33. The van der Waals surface area contributed by atoms with Gasteiger partial charge in [0.25, 0.3) is 0 Å². The number of para-hydroxylation sites is 2.